The fourth-order valence-electron chi connectivity index (χ4n) is 1.44. The highest BCUT2D eigenvalue weighted by molar-refractivity contribution is 7.89. The quantitative estimate of drug-likeness (QED) is 0.471. The number of nitrogens with one attached hydrogen (secondary N) is 1. The van der Waals surface area contributed by atoms with E-state index >= 15 is 0 Å². The van der Waals surface area contributed by atoms with Crippen molar-refractivity contribution in [1.29, 1.82) is 0 Å². The first-order valence-corrected chi connectivity index (χ1v) is 7.16. The van der Waals surface area contributed by atoms with E-state index in [9.17, 15) is 23.3 Å². The number of non-ortho nitro benzene ring substituents is 1. The van der Waals surface area contributed by atoms with E-state index in [0.717, 1.165) is 6.07 Å². The van der Waals surface area contributed by atoms with Crippen molar-refractivity contribution in [1.82, 2.24) is 4.72 Å². The van der Waals surface area contributed by atoms with Gasteiger partial charge in [-0.25, -0.2) is 8.42 Å². The molecule has 1 rings (SSSR count). The van der Waals surface area contributed by atoms with Crippen molar-refractivity contribution in [3.8, 4) is 0 Å². The molecular formula is C11H14N2O6S. The molecule has 0 atom stereocenters. The lowest BCUT2D eigenvalue weighted by Crippen LogP contribution is -2.31. The van der Waals surface area contributed by atoms with E-state index in [4.69, 9.17) is 0 Å². The summed E-state index contributed by atoms with van der Waals surface area (Å²) in [7, 11) is -4.02. The third kappa shape index (κ3) is 4.00. The van der Waals surface area contributed by atoms with Crippen LogP contribution in [-0.4, -0.2) is 32.5 Å². The minimum Gasteiger partial charge on any atom is -0.465 e. The van der Waals surface area contributed by atoms with Crippen molar-refractivity contribution in [3.05, 3.63) is 33.9 Å². The standard InChI is InChI=1S/C11H14N2O6S/c1-3-19-11(14)7-12-20(17,18)10-6-9(13(15)16)5-4-8(10)2/h4-6,12H,3,7H2,1-2H3. The monoisotopic (exact) mass is 302 g/mol. The average molecular weight is 302 g/mol. The van der Waals surface area contributed by atoms with Gasteiger partial charge in [0, 0.05) is 12.1 Å². The lowest BCUT2D eigenvalue weighted by Gasteiger charge is -2.08. The molecule has 0 saturated heterocycles. The van der Waals surface area contributed by atoms with Gasteiger partial charge in [0.15, 0.2) is 0 Å². The number of carbonyl (C=O) groups is 1. The van der Waals surface area contributed by atoms with E-state index in [1.54, 1.807) is 6.92 Å². The summed E-state index contributed by atoms with van der Waals surface area (Å²) in [6, 6.07) is 3.49. The van der Waals surface area contributed by atoms with Gasteiger partial charge in [0.25, 0.3) is 5.69 Å². The number of esters is 1. The Morgan fingerprint density at radius 2 is 2.10 bits per heavy atom. The van der Waals surface area contributed by atoms with Crippen molar-refractivity contribution >= 4 is 21.7 Å². The van der Waals surface area contributed by atoms with Crippen LogP contribution in [0.15, 0.2) is 23.1 Å². The van der Waals surface area contributed by atoms with Crippen LogP contribution in [0, 0.1) is 17.0 Å². The normalized spacial score (nSPS) is 11.1. The van der Waals surface area contributed by atoms with Gasteiger partial charge in [0.1, 0.15) is 6.54 Å². The van der Waals surface area contributed by atoms with Crippen molar-refractivity contribution < 1.29 is 22.9 Å². The first kappa shape index (κ1) is 16.1. The molecule has 110 valence electrons. The second-order valence-corrected chi connectivity index (χ2v) is 5.57. The highest BCUT2D eigenvalue weighted by Gasteiger charge is 2.21. The van der Waals surface area contributed by atoms with E-state index in [1.165, 1.54) is 19.1 Å². The number of hydrogen-bond donors (Lipinski definition) is 1. The minimum absolute atomic E-state index is 0.135. The molecule has 0 bridgehead atoms. The molecule has 1 aromatic carbocycles. The van der Waals surface area contributed by atoms with Crippen LogP contribution in [0.3, 0.4) is 0 Å². The van der Waals surface area contributed by atoms with Gasteiger partial charge in [-0.05, 0) is 19.4 Å². The molecule has 0 amide bonds. The Kier molecular flexibility index (Phi) is 5.17. The third-order valence-corrected chi connectivity index (χ3v) is 3.93. The summed E-state index contributed by atoms with van der Waals surface area (Å²) < 4.78 is 30.6. The fraction of sp³-hybridized carbons (Fsp3) is 0.364. The summed E-state index contributed by atoms with van der Waals surface area (Å²) in [5.74, 6) is -0.723. The first-order chi connectivity index (χ1) is 9.27. The lowest BCUT2D eigenvalue weighted by atomic mass is 10.2. The number of nitrogens with zero attached hydrogens (tertiary/aromatic N) is 1. The van der Waals surface area contributed by atoms with Crippen molar-refractivity contribution in [2.45, 2.75) is 18.7 Å². The van der Waals surface area contributed by atoms with Crippen molar-refractivity contribution in [3.63, 3.8) is 0 Å². The van der Waals surface area contributed by atoms with E-state index in [-0.39, 0.29) is 17.2 Å². The highest BCUT2D eigenvalue weighted by atomic mass is 32.2. The van der Waals surface area contributed by atoms with Gasteiger partial charge in [0.05, 0.1) is 16.4 Å². The number of rotatable bonds is 6. The Balaban J connectivity index is 3.00. The van der Waals surface area contributed by atoms with Crippen LogP contribution in [0.4, 0.5) is 5.69 Å². The Labute approximate surface area is 115 Å². The molecule has 0 unspecified atom stereocenters. The Morgan fingerprint density at radius 1 is 1.45 bits per heavy atom. The van der Waals surface area contributed by atoms with Crippen molar-refractivity contribution in [2.75, 3.05) is 13.2 Å². The molecule has 0 radical (unpaired) electrons. The van der Waals surface area contributed by atoms with Crippen LogP contribution in [0.2, 0.25) is 0 Å². The van der Waals surface area contributed by atoms with Crippen molar-refractivity contribution in [2.24, 2.45) is 0 Å². The van der Waals surface area contributed by atoms with Gasteiger partial charge in [0.2, 0.25) is 10.0 Å². The van der Waals surface area contributed by atoms with Gasteiger partial charge in [-0.3, -0.25) is 14.9 Å². The Hall–Kier alpha value is -2.00. The maximum Gasteiger partial charge on any atom is 0.321 e. The van der Waals surface area contributed by atoms with Crippen LogP contribution in [0.1, 0.15) is 12.5 Å². The van der Waals surface area contributed by atoms with Crippen LogP contribution < -0.4 is 4.72 Å². The molecule has 1 aromatic rings. The summed E-state index contributed by atoms with van der Waals surface area (Å²) in [4.78, 5) is 20.9. The molecule has 0 aliphatic heterocycles. The smallest absolute Gasteiger partial charge is 0.321 e. The zero-order valence-electron chi connectivity index (χ0n) is 11.0. The average Bonchev–Trinajstić information content (AvgIpc) is 2.37. The Morgan fingerprint density at radius 3 is 2.65 bits per heavy atom. The number of ether oxygens (including phenoxy) is 1. The molecule has 0 aliphatic rings. The molecular weight excluding hydrogens is 288 g/mol. The number of nitro benzene ring substituents is 1. The molecule has 0 spiro atoms. The van der Waals surface area contributed by atoms with Crippen LogP contribution in [0.25, 0.3) is 0 Å². The SMILES string of the molecule is CCOC(=O)CNS(=O)(=O)c1cc([N+](=O)[O-])ccc1C. The van der Waals surface area contributed by atoms with Gasteiger partial charge in [-0.15, -0.1) is 0 Å². The maximum atomic E-state index is 12.0. The molecule has 8 nitrogen and oxygen atoms in total. The zero-order valence-corrected chi connectivity index (χ0v) is 11.8. The number of carbonyl (C=O) groups excluding carboxylic acids is 1. The van der Waals surface area contributed by atoms with E-state index in [1.807, 2.05) is 4.72 Å². The second kappa shape index (κ2) is 6.44. The predicted octanol–water partition coefficient (Wildman–Crippen LogP) is 0.745. The van der Waals surface area contributed by atoms with Crippen LogP contribution in [-0.2, 0) is 19.6 Å². The number of aryl methyl sites for hydroxylation is 1. The molecule has 0 aliphatic carbocycles. The zero-order chi connectivity index (χ0) is 15.3. The molecule has 20 heavy (non-hydrogen) atoms. The lowest BCUT2D eigenvalue weighted by molar-refractivity contribution is -0.385. The van der Waals surface area contributed by atoms with E-state index < -0.39 is 27.5 Å². The number of hydrogen-bond acceptors (Lipinski definition) is 6. The van der Waals surface area contributed by atoms with Gasteiger partial charge in [-0.2, -0.15) is 4.72 Å². The summed E-state index contributed by atoms with van der Waals surface area (Å²) >= 11 is 0. The Bertz CT molecular complexity index is 626. The summed E-state index contributed by atoms with van der Waals surface area (Å²) in [6.07, 6.45) is 0. The number of benzene rings is 1. The summed E-state index contributed by atoms with van der Waals surface area (Å²) in [6.45, 7) is 2.70. The van der Waals surface area contributed by atoms with E-state index in [0.29, 0.717) is 5.56 Å². The number of nitro groups is 1. The van der Waals surface area contributed by atoms with E-state index in [2.05, 4.69) is 4.74 Å². The second-order valence-electron chi connectivity index (χ2n) is 3.84. The van der Waals surface area contributed by atoms with Crippen LogP contribution >= 0.6 is 0 Å². The predicted molar refractivity (Wildman–Crippen MR) is 69.7 cm³/mol. The van der Waals surface area contributed by atoms with Gasteiger partial charge in [-0.1, -0.05) is 6.07 Å². The fourth-order valence-corrected chi connectivity index (χ4v) is 2.67. The largest absolute Gasteiger partial charge is 0.465 e. The van der Waals surface area contributed by atoms with Crippen LogP contribution in [0.5, 0.6) is 0 Å². The van der Waals surface area contributed by atoms with Gasteiger partial charge >= 0.3 is 5.97 Å². The molecule has 0 saturated carbocycles. The maximum absolute atomic E-state index is 12.0. The minimum atomic E-state index is -4.02. The first-order valence-electron chi connectivity index (χ1n) is 5.68. The highest BCUT2D eigenvalue weighted by Crippen LogP contribution is 2.21. The molecule has 1 N–H and O–H groups in total. The number of sulfonamides is 1. The summed E-state index contributed by atoms with van der Waals surface area (Å²) in [5, 5.41) is 10.7. The topological polar surface area (TPSA) is 116 Å². The molecule has 0 aromatic heterocycles. The molecule has 9 heteroatoms. The third-order valence-electron chi connectivity index (χ3n) is 2.38. The molecule has 0 heterocycles. The molecule has 0 fully saturated rings. The van der Waals surface area contributed by atoms with Gasteiger partial charge < -0.3 is 4.74 Å². The summed E-state index contributed by atoms with van der Waals surface area (Å²) in [5.41, 5.74) is -0.000862.